The zero-order chi connectivity index (χ0) is 26.0. The van der Waals surface area contributed by atoms with Crippen LogP contribution in [0, 0.1) is 46.1 Å². The monoisotopic (exact) mass is 483 g/mol. The Bertz CT molecular complexity index is 1510. The topological polar surface area (TPSA) is 99.5 Å². The summed E-state index contributed by atoms with van der Waals surface area (Å²) in [7, 11) is 1.60. The van der Waals surface area contributed by atoms with Crippen molar-refractivity contribution in [3.8, 4) is 17.5 Å². The van der Waals surface area contributed by atoms with E-state index in [0.29, 0.717) is 31.1 Å². The molecule has 0 unspecified atom stereocenters. The van der Waals surface area contributed by atoms with Gasteiger partial charge in [0, 0.05) is 38.3 Å². The number of benzene rings is 2. The van der Waals surface area contributed by atoms with Gasteiger partial charge in [0.15, 0.2) is 6.19 Å². The van der Waals surface area contributed by atoms with Crippen molar-refractivity contribution in [2.45, 2.75) is 54.1 Å². The number of hydrogen-bond donors (Lipinski definition) is 2. The van der Waals surface area contributed by atoms with Crippen LogP contribution in [-0.2, 0) is 19.5 Å². The first-order valence-electron chi connectivity index (χ1n) is 12.2. The third kappa shape index (κ3) is 4.82. The number of nitrogens with zero attached hydrogens (tertiary/aromatic N) is 5. The molecule has 0 saturated carbocycles. The molecule has 36 heavy (non-hydrogen) atoms. The summed E-state index contributed by atoms with van der Waals surface area (Å²) in [4.78, 5) is 22.9. The van der Waals surface area contributed by atoms with Crippen LogP contribution in [0.5, 0.6) is 0 Å². The van der Waals surface area contributed by atoms with Gasteiger partial charge in [-0.05, 0) is 74.9 Å². The number of aryl methyl sites for hydroxylation is 6. The van der Waals surface area contributed by atoms with Crippen molar-refractivity contribution in [1.29, 1.82) is 5.26 Å². The first-order chi connectivity index (χ1) is 17.2. The first-order valence-corrected chi connectivity index (χ1v) is 12.2. The van der Waals surface area contributed by atoms with Crippen LogP contribution in [0.2, 0.25) is 0 Å². The van der Waals surface area contributed by atoms with Gasteiger partial charge < -0.3 is 5.32 Å². The molecule has 3 aromatic rings. The summed E-state index contributed by atoms with van der Waals surface area (Å²) >= 11 is 0. The lowest BCUT2D eigenvalue weighted by molar-refractivity contribution is 0.538. The van der Waals surface area contributed by atoms with Gasteiger partial charge in [-0.15, -0.1) is 0 Å². The molecule has 1 aromatic heterocycles. The molecule has 8 heteroatoms. The van der Waals surface area contributed by atoms with E-state index in [9.17, 15) is 4.79 Å². The molecule has 8 nitrogen and oxygen atoms in total. The number of aromatic nitrogens is 2. The second-order valence-electron chi connectivity index (χ2n) is 9.41. The predicted molar refractivity (Wildman–Crippen MR) is 143 cm³/mol. The van der Waals surface area contributed by atoms with E-state index in [4.69, 9.17) is 10.3 Å². The maximum Gasteiger partial charge on any atom is 0.330 e. The largest absolute Gasteiger partial charge is 0.354 e. The zero-order valence-electron chi connectivity index (χ0n) is 21.9. The third-order valence-corrected chi connectivity index (χ3v) is 6.78. The van der Waals surface area contributed by atoms with Crippen LogP contribution in [0.4, 0.5) is 5.69 Å². The highest BCUT2D eigenvalue weighted by molar-refractivity contribution is 5.80. The molecule has 0 bridgehead atoms. The van der Waals surface area contributed by atoms with Crippen molar-refractivity contribution in [3.63, 3.8) is 0 Å². The molecule has 4 rings (SSSR count). The Morgan fingerprint density at radius 1 is 1.03 bits per heavy atom. The second-order valence-corrected chi connectivity index (χ2v) is 9.41. The van der Waals surface area contributed by atoms with Crippen LogP contribution in [0.1, 0.15) is 33.4 Å². The van der Waals surface area contributed by atoms with E-state index in [1.807, 2.05) is 16.8 Å². The summed E-state index contributed by atoms with van der Waals surface area (Å²) in [6.45, 7) is 11.8. The van der Waals surface area contributed by atoms with Crippen molar-refractivity contribution in [3.05, 3.63) is 79.7 Å². The van der Waals surface area contributed by atoms with Crippen LogP contribution < -0.4 is 21.8 Å². The quantitative estimate of drug-likeness (QED) is 0.257. The molecule has 0 spiro atoms. The maximum absolute atomic E-state index is 13.8. The Morgan fingerprint density at radius 2 is 1.72 bits per heavy atom. The fraction of sp³-hybridized carbons (Fsp3) is 0.357. The van der Waals surface area contributed by atoms with Crippen molar-refractivity contribution >= 4 is 11.6 Å². The van der Waals surface area contributed by atoms with Crippen molar-refractivity contribution < 1.29 is 0 Å². The van der Waals surface area contributed by atoms with Crippen molar-refractivity contribution in [1.82, 2.24) is 19.8 Å². The molecule has 186 valence electrons. The first kappa shape index (κ1) is 25.0. The Morgan fingerprint density at radius 3 is 2.39 bits per heavy atom. The van der Waals surface area contributed by atoms with E-state index >= 15 is 0 Å². The molecule has 1 aliphatic rings. The minimum Gasteiger partial charge on any atom is -0.354 e. The SMILES string of the molecule is CN=C(NC#N)NCCn1c(=Nc2c(C)cc(C)cc2C)cc2n(c1=O)CCc1cc(C)c(C)cc1-2. The number of guanidine groups is 1. The Labute approximate surface area is 211 Å². The highest BCUT2D eigenvalue weighted by atomic mass is 16.1. The van der Waals surface area contributed by atoms with E-state index in [1.54, 1.807) is 11.6 Å². The van der Waals surface area contributed by atoms with Crippen LogP contribution in [0.3, 0.4) is 0 Å². The number of aliphatic imine (C=N–C) groups is 1. The van der Waals surface area contributed by atoms with Crippen LogP contribution >= 0.6 is 0 Å². The lowest BCUT2D eigenvalue weighted by Gasteiger charge is -2.24. The summed E-state index contributed by atoms with van der Waals surface area (Å²) < 4.78 is 3.56. The van der Waals surface area contributed by atoms with Gasteiger partial charge in [0.1, 0.15) is 5.49 Å². The molecule has 0 saturated heterocycles. The minimum absolute atomic E-state index is 0.0948. The summed E-state index contributed by atoms with van der Waals surface area (Å²) in [6.07, 6.45) is 2.68. The fourth-order valence-corrected chi connectivity index (χ4v) is 4.90. The van der Waals surface area contributed by atoms with Crippen molar-refractivity contribution in [2.24, 2.45) is 9.98 Å². The van der Waals surface area contributed by atoms with Gasteiger partial charge in [-0.2, -0.15) is 5.26 Å². The van der Waals surface area contributed by atoms with E-state index in [2.05, 4.69) is 74.5 Å². The molecule has 2 heterocycles. The number of fused-ring (bicyclic) bond motifs is 3. The lowest BCUT2D eigenvalue weighted by atomic mass is 9.93. The van der Waals surface area contributed by atoms with Crippen LogP contribution in [-0.4, -0.2) is 28.7 Å². The average molecular weight is 484 g/mol. The lowest BCUT2D eigenvalue weighted by Crippen LogP contribution is -2.45. The van der Waals surface area contributed by atoms with E-state index in [0.717, 1.165) is 34.5 Å². The summed E-state index contributed by atoms with van der Waals surface area (Å²) in [6, 6.07) is 10.7. The highest BCUT2D eigenvalue weighted by Gasteiger charge is 2.20. The van der Waals surface area contributed by atoms with E-state index < -0.39 is 0 Å². The Balaban J connectivity index is 1.91. The predicted octanol–water partition coefficient (Wildman–Crippen LogP) is 3.29. The fourth-order valence-electron chi connectivity index (χ4n) is 4.90. The smallest absolute Gasteiger partial charge is 0.330 e. The van der Waals surface area contributed by atoms with Gasteiger partial charge in [-0.25, -0.2) is 9.79 Å². The highest BCUT2D eigenvalue weighted by Crippen LogP contribution is 2.30. The van der Waals surface area contributed by atoms with Gasteiger partial charge in [0.25, 0.3) is 0 Å². The Hall–Kier alpha value is -4.12. The van der Waals surface area contributed by atoms with E-state index in [-0.39, 0.29) is 5.69 Å². The summed E-state index contributed by atoms with van der Waals surface area (Å²) in [5.41, 5.74) is 10.4. The molecule has 0 aliphatic carbocycles. The molecule has 1 aliphatic heterocycles. The van der Waals surface area contributed by atoms with E-state index in [1.165, 1.54) is 22.3 Å². The van der Waals surface area contributed by atoms with Crippen LogP contribution in [0.15, 0.2) is 45.1 Å². The van der Waals surface area contributed by atoms with Gasteiger partial charge in [-0.1, -0.05) is 23.8 Å². The molecular formula is C28H33N7O. The van der Waals surface area contributed by atoms with Gasteiger partial charge in [-0.3, -0.25) is 19.4 Å². The molecule has 0 fully saturated rings. The standard InChI is InChI=1S/C28H33N7O/c1-17-11-20(4)26(21(5)12-17)33-25-15-24-23-14-19(3)18(2)13-22(23)7-9-34(24)28(36)35(25)10-8-31-27(30-6)32-16-29/h11-15H,7-10H2,1-6H3,(H2,30,31,32). The zero-order valence-corrected chi connectivity index (χ0v) is 21.9. The number of nitriles is 1. The maximum atomic E-state index is 13.8. The molecule has 2 aromatic carbocycles. The normalized spacial score (nSPS) is 13.1. The van der Waals surface area contributed by atoms with Crippen molar-refractivity contribution in [2.75, 3.05) is 13.6 Å². The van der Waals surface area contributed by atoms with Gasteiger partial charge in [0.2, 0.25) is 5.96 Å². The number of nitrogens with one attached hydrogen (secondary N) is 2. The third-order valence-electron chi connectivity index (χ3n) is 6.78. The average Bonchev–Trinajstić information content (AvgIpc) is 2.83. The summed E-state index contributed by atoms with van der Waals surface area (Å²) in [5, 5.41) is 14.5. The molecular weight excluding hydrogens is 450 g/mol. The molecule has 2 N–H and O–H groups in total. The molecule has 0 radical (unpaired) electrons. The number of rotatable bonds is 4. The van der Waals surface area contributed by atoms with Gasteiger partial charge in [0.05, 0.1) is 11.4 Å². The summed E-state index contributed by atoms with van der Waals surface area (Å²) in [5.74, 6) is 0.361. The van der Waals surface area contributed by atoms with Gasteiger partial charge >= 0.3 is 5.69 Å². The molecule has 0 amide bonds. The molecule has 0 atom stereocenters. The minimum atomic E-state index is -0.0948. The van der Waals surface area contributed by atoms with Crippen LogP contribution in [0.25, 0.3) is 11.3 Å². The number of hydrogen-bond acceptors (Lipinski definition) is 4. The second kappa shape index (κ2) is 10.2. The Kier molecular flexibility index (Phi) is 7.11.